The molecule has 2 aromatic carbocycles. The van der Waals surface area contributed by atoms with Gasteiger partial charge in [-0.25, -0.2) is 0 Å². The van der Waals surface area contributed by atoms with Crippen LogP contribution in [0.15, 0.2) is 48.5 Å². The maximum Gasteiger partial charge on any atom is 0.171 e. The van der Waals surface area contributed by atoms with Crippen LogP contribution in [0.2, 0.25) is 0 Å². The lowest BCUT2D eigenvalue weighted by atomic mass is 9.89. The third-order valence-corrected chi connectivity index (χ3v) is 5.43. The lowest BCUT2D eigenvalue weighted by Crippen LogP contribution is -2.48. The number of hydrogen-bond donors (Lipinski definition) is 2. The summed E-state index contributed by atoms with van der Waals surface area (Å²) in [5.41, 5.74) is 5.20. The Morgan fingerprint density at radius 2 is 1.72 bits per heavy atom. The Morgan fingerprint density at radius 1 is 1.00 bits per heavy atom. The summed E-state index contributed by atoms with van der Waals surface area (Å²) in [6, 6.07) is 17.2. The molecule has 1 aliphatic carbocycles. The van der Waals surface area contributed by atoms with Crippen molar-refractivity contribution in [1.29, 1.82) is 0 Å². The fraction of sp³-hybridized carbons (Fsp3) is 0.409. The molecule has 1 fully saturated rings. The van der Waals surface area contributed by atoms with E-state index in [1.54, 1.807) is 0 Å². The summed E-state index contributed by atoms with van der Waals surface area (Å²) >= 11 is 5.61. The second kappa shape index (κ2) is 8.01. The molecular formula is C22H28N2S. The van der Waals surface area contributed by atoms with Crippen molar-refractivity contribution in [2.45, 2.75) is 57.9 Å². The van der Waals surface area contributed by atoms with Crippen LogP contribution in [0, 0.1) is 13.8 Å². The molecule has 0 aliphatic heterocycles. The average Bonchev–Trinajstić information content (AvgIpc) is 3.04. The first-order valence-corrected chi connectivity index (χ1v) is 9.67. The molecule has 2 aromatic rings. The monoisotopic (exact) mass is 352 g/mol. The second-order valence-electron chi connectivity index (χ2n) is 7.42. The van der Waals surface area contributed by atoms with Crippen LogP contribution in [-0.2, 0) is 6.42 Å². The highest BCUT2D eigenvalue weighted by Crippen LogP contribution is 2.34. The van der Waals surface area contributed by atoms with Crippen molar-refractivity contribution >= 4 is 23.0 Å². The van der Waals surface area contributed by atoms with Gasteiger partial charge in [-0.2, -0.15) is 0 Å². The standard InChI is InChI=1S/C22H28N2S/c1-17-8-10-20(11-9-17)23-21(25)24-22(13-3-4-14-22)15-12-19-7-5-6-18(2)16-19/h5-11,16H,3-4,12-15H2,1-2H3,(H2,23,24,25). The molecule has 0 unspecified atom stereocenters. The highest BCUT2D eigenvalue weighted by Gasteiger charge is 2.34. The number of hydrogen-bond acceptors (Lipinski definition) is 1. The number of rotatable bonds is 5. The second-order valence-corrected chi connectivity index (χ2v) is 7.83. The first-order chi connectivity index (χ1) is 12.0. The predicted molar refractivity (Wildman–Crippen MR) is 111 cm³/mol. The minimum Gasteiger partial charge on any atom is -0.357 e. The van der Waals surface area contributed by atoms with Crippen LogP contribution in [0.1, 0.15) is 48.8 Å². The molecule has 0 amide bonds. The molecule has 0 bridgehead atoms. The molecule has 2 N–H and O–H groups in total. The minimum atomic E-state index is 0.137. The zero-order chi connectivity index (χ0) is 17.7. The normalized spacial score (nSPS) is 15.8. The topological polar surface area (TPSA) is 24.1 Å². The summed E-state index contributed by atoms with van der Waals surface area (Å²) in [4.78, 5) is 0. The SMILES string of the molecule is Cc1ccc(NC(=S)NC2(CCc3cccc(C)c3)CCCC2)cc1. The van der Waals surface area contributed by atoms with Gasteiger partial charge < -0.3 is 10.6 Å². The number of benzene rings is 2. The van der Waals surface area contributed by atoms with Crippen molar-refractivity contribution in [3.05, 3.63) is 65.2 Å². The molecule has 0 atom stereocenters. The van der Waals surface area contributed by atoms with Crippen LogP contribution >= 0.6 is 12.2 Å². The summed E-state index contributed by atoms with van der Waals surface area (Å²) in [6.07, 6.45) is 7.21. The number of anilines is 1. The van der Waals surface area contributed by atoms with Crippen LogP contribution in [0.25, 0.3) is 0 Å². The van der Waals surface area contributed by atoms with Gasteiger partial charge in [0.05, 0.1) is 0 Å². The molecule has 0 saturated heterocycles. The Labute approximate surface area is 157 Å². The van der Waals surface area contributed by atoms with Crippen LogP contribution in [0.3, 0.4) is 0 Å². The summed E-state index contributed by atoms with van der Waals surface area (Å²) in [5, 5.41) is 7.75. The molecule has 25 heavy (non-hydrogen) atoms. The highest BCUT2D eigenvalue weighted by atomic mass is 32.1. The van der Waals surface area contributed by atoms with Crippen molar-refractivity contribution in [2.24, 2.45) is 0 Å². The van der Waals surface area contributed by atoms with Crippen LogP contribution in [-0.4, -0.2) is 10.7 Å². The molecule has 1 aliphatic rings. The van der Waals surface area contributed by atoms with Gasteiger partial charge in [0.15, 0.2) is 5.11 Å². The molecule has 0 aromatic heterocycles. The first-order valence-electron chi connectivity index (χ1n) is 9.26. The Bertz CT molecular complexity index is 715. The van der Waals surface area contributed by atoms with E-state index >= 15 is 0 Å². The van der Waals surface area contributed by atoms with Crippen molar-refractivity contribution < 1.29 is 0 Å². The summed E-state index contributed by atoms with van der Waals surface area (Å²) in [7, 11) is 0. The van der Waals surface area contributed by atoms with Gasteiger partial charge in [-0.05, 0) is 69.4 Å². The first kappa shape index (κ1) is 17.9. The molecule has 132 valence electrons. The van der Waals surface area contributed by atoms with Gasteiger partial charge in [0.1, 0.15) is 0 Å². The number of nitrogens with one attached hydrogen (secondary N) is 2. The smallest absolute Gasteiger partial charge is 0.171 e. The fourth-order valence-corrected chi connectivity index (χ4v) is 4.11. The molecular weight excluding hydrogens is 324 g/mol. The summed E-state index contributed by atoms with van der Waals surface area (Å²) in [6.45, 7) is 4.26. The summed E-state index contributed by atoms with van der Waals surface area (Å²) in [5.74, 6) is 0. The quantitative estimate of drug-likeness (QED) is 0.691. The minimum absolute atomic E-state index is 0.137. The Hall–Kier alpha value is -1.87. The van der Waals surface area contributed by atoms with Crippen molar-refractivity contribution in [1.82, 2.24) is 5.32 Å². The van der Waals surface area contributed by atoms with E-state index in [4.69, 9.17) is 12.2 Å². The largest absolute Gasteiger partial charge is 0.357 e. The van der Waals surface area contributed by atoms with Gasteiger partial charge >= 0.3 is 0 Å². The number of aryl methyl sites for hydroxylation is 3. The molecule has 1 saturated carbocycles. The zero-order valence-electron chi connectivity index (χ0n) is 15.3. The molecule has 0 heterocycles. The van der Waals surface area contributed by atoms with E-state index in [9.17, 15) is 0 Å². The zero-order valence-corrected chi connectivity index (χ0v) is 16.1. The van der Waals surface area contributed by atoms with Crippen LogP contribution in [0.5, 0.6) is 0 Å². The van der Waals surface area contributed by atoms with Crippen molar-refractivity contribution in [3.63, 3.8) is 0 Å². The van der Waals surface area contributed by atoms with E-state index in [2.05, 4.69) is 73.0 Å². The van der Waals surface area contributed by atoms with E-state index in [0.29, 0.717) is 0 Å². The van der Waals surface area contributed by atoms with Gasteiger partial charge in [0.25, 0.3) is 0 Å². The van der Waals surface area contributed by atoms with Crippen LogP contribution < -0.4 is 10.6 Å². The Morgan fingerprint density at radius 3 is 2.40 bits per heavy atom. The third kappa shape index (κ3) is 5.05. The van der Waals surface area contributed by atoms with E-state index in [0.717, 1.165) is 23.6 Å². The van der Waals surface area contributed by atoms with Crippen LogP contribution in [0.4, 0.5) is 5.69 Å². The number of thiocarbonyl (C=S) groups is 1. The average molecular weight is 353 g/mol. The highest BCUT2D eigenvalue weighted by molar-refractivity contribution is 7.80. The van der Waals surface area contributed by atoms with E-state index in [-0.39, 0.29) is 5.54 Å². The molecule has 3 heteroatoms. The van der Waals surface area contributed by atoms with Crippen molar-refractivity contribution in [2.75, 3.05) is 5.32 Å². The van der Waals surface area contributed by atoms with Gasteiger partial charge in [0, 0.05) is 11.2 Å². The van der Waals surface area contributed by atoms with Gasteiger partial charge in [0.2, 0.25) is 0 Å². The van der Waals surface area contributed by atoms with E-state index in [1.807, 2.05) is 0 Å². The maximum atomic E-state index is 5.61. The van der Waals surface area contributed by atoms with Gasteiger partial charge in [-0.15, -0.1) is 0 Å². The molecule has 0 radical (unpaired) electrons. The molecule has 2 nitrogen and oxygen atoms in total. The molecule has 0 spiro atoms. The van der Waals surface area contributed by atoms with E-state index < -0.39 is 0 Å². The van der Waals surface area contributed by atoms with Gasteiger partial charge in [-0.3, -0.25) is 0 Å². The lowest BCUT2D eigenvalue weighted by molar-refractivity contribution is 0.362. The Kier molecular flexibility index (Phi) is 5.74. The van der Waals surface area contributed by atoms with E-state index in [1.165, 1.54) is 42.4 Å². The van der Waals surface area contributed by atoms with Gasteiger partial charge in [-0.1, -0.05) is 60.4 Å². The third-order valence-electron chi connectivity index (χ3n) is 5.22. The lowest BCUT2D eigenvalue weighted by Gasteiger charge is -2.32. The fourth-order valence-electron chi connectivity index (χ4n) is 3.78. The maximum absolute atomic E-state index is 5.61. The Balaban J connectivity index is 1.61. The predicted octanol–water partition coefficient (Wildman–Crippen LogP) is 5.54. The molecule has 3 rings (SSSR count). The summed E-state index contributed by atoms with van der Waals surface area (Å²) < 4.78 is 0. The van der Waals surface area contributed by atoms with Crippen molar-refractivity contribution in [3.8, 4) is 0 Å².